The van der Waals surface area contributed by atoms with Crippen molar-refractivity contribution in [3.05, 3.63) is 12.1 Å². The first-order valence-corrected chi connectivity index (χ1v) is 5.49. The maximum Gasteiger partial charge on any atom is 0.411 e. The van der Waals surface area contributed by atoms with E-state index in [1.807, 2.05) is 13.8 Å². The molecule has 1 rings (SSSR count). The number of aromatic nitrogens is 1. The van der Waals surface area contributed by atoms with E-state index in [1.54, 1.807) is 19.1 Å². The van der Waals surface area contributed by atoms with Crippen LogP contribution in [0.1, 0.15) is 20.8 Å². The first-order valence-electron chi connectivity index (χ1n) is 5.49. The predicted octanol–water partition coefficient (Wildman–Crippen LogP) is 2.05. The molecule has 6 heteroatoms. The number of hydrogen-bond acceptors (Lipinski definition) is 5. The summed E-state index contributed by atoms with van der Waals surface area (Å²) in [6.07, 6.45) is -0.537. The van der Waals surface area contributed by atoms with E-state index in [-0.39, 0.29) is 11.9 Å². The summed E-state index contributed by atoms with van der Waals surface area (Å²) in [5.74, 6) is 0.926. The van der Waals surface area contributed by atoms with E-state index < -0.39 is 6.09 Å². The number of nitrogens with one attached hydrogen (secondary N) is 2. The summed E-state index contributed by atoms with van der Waals surface area (Å²) in [5.41, 5.74) is 6.16. The molecule has 0 bridgehead atoms. The topological polar surface area (TPSA) is 89.3 Å². The minimum atomic E-state index is -0.537. The highest BCUT2D eigenvalue weighted by atomic mass is 16.5. The first kappa shape index (κ1) is 13.1. The molecule has 0 aromatic carbocycles. The number of carbonyl (C=O) groups is 1. The van der Waals surface area contributed by atoms with E-state index >= 15 is 0 Å². The van der Waals surface area contributed by atoms with Gasteiger partial charge in [-0.05, 0) is 32.9 Å². The molecule has 0 aliphatic carbocycles. The van der Waals surface area contributed by atoms with Crippen molar-refractivity contribution in [2.75, 3.05) is 23.0 Å². The minimum Gasteiger partial charge on any atom is -0.450 e. The molecule has 0 spiro atoms. The number of rotatable bonds is 4. The number of ether oxygens (including phenoxy) is 1. The van der Waals surface area contributed by atoms with Gasteiger partial charge in [-0.2, -0.15) is 0 Å². The summed E-state index contributed by atoms with van der Waals surface area (Å²) in [7, 11) is 0. The third kappa shape index (κ3) is 4.18. The molecule has 0 aliphatic rings. The Balaban J connectivity index is 2.72. The van der Waals surface area contributed by atoms with Crippen LogP contribution in [0.15, 0.2) is 12.1 Å². The molecule has 0 atom stereocenters. The Hall–Kier alpha value is -1.98. The monoisotopic (exact) mass is 238 g/mol. The van der Waals surface area contributed by atoms with Crippen LogP contribution in [0.4, 0.5) is 22.1 Å². The van der Waals surface area contributed by atoms with Crippen LogP contribution in [-0.2, 0) is 4.74 Å². The quantitative estimate of drug-likeness (QED) is 0.747. The number of hydrogen-bond donors (Lipinski definition) is 3. The standard InChI is InChI=1S/C11H18N4O2/c1-4-17-11(16)14-8-5-6-9(13-7(2)3)15-10(8)12/h5-7H,4H2,1-3H3,(H,14,16)(H3,12,13,15). The van der Waals surface area contributed by atoms with Crippen molar-refractivity contribution < 1.29 is 9.53 Å². The van der Waals surface area contributed by atoms with Gasteiger partial charge in [-0.3, -0.25) is 5.32 Å². The maximum absolute atomic E-state index is 11.2. The van der Waals surface area contributed by atoms with Gasteiger partial charge in [-0.25, -0.2) is 9.78 Å². The molecule has 1 aromatic rings. The lowest BCUT2D eigenvalue weighted by atomic mass is 10.3. The molecular formula is C11H18N4O2. The highest BCUT2D eigenvalue weighted by Gasteiger charge is 2.07. The van der Waals surface area contributed by atoms with Crippen molar-refractivity contribution in [1.82, 2.24) is 4.98 Å². The molecule has 0 fully saturated rings. The Bertz CT molecular complexity index is 393. The molecule has 1 heterocycles. The number of anilines is 3. The molecule has 0 saturated heterocycles. The zero-order valence-corrected chi connectivity index (χ0v) is 10.3. The second-order valence-corrected chi connectivity index (χ2v) is 3.77. The Morgan fingerprint density at radius 1 is 1.53 bits per heavy atom. The maximum atomic E-state index is 11.2. The average Bonchev–Trinajstić information content (AvgIpc) is 2.21. The van der Waals surface area contributed by atoms with E-state index in [4.69, 9.17) is 10.5 Å². The van der Waals surface area contributed by atoms with Gasteiger partial charge in [0.2, 0.25) is 0 Å². The molecule has 1 aromatic heterocycles. The fraction of sp³-hybridized carbons (Fsp3) is 0.455. The Morgan fingerprint density at radius 3 is 2.76 bits per heavy atom. The number of amides is 1. The molecular weight excluding hydrogens is 220 g/mol. The number of nitrogens with two attached hydrogens (primary N) is 1. The largest absolute Gasteiger partial charge is 0.450 e. The van der Waals surface area contributed by atoms with Crippen molar-refractivity contribution in [3.63, 3.8) is 0 Å². The van der Waals surface area contributed by atoms with Gasteiger partial charge in [0.25, 0.3) is 0 Å². The van der Waals surface area contributed by atoms with Gasteiger partial charge in [0.05, 0.1) is 12.3 Å². The van der Waals surface area contributed by atoms with Crippen LogP contribution < -0.4 is 16.4 Å². The molecule has 0 radical (unpaired) electrons. The molecule has 0 aliphatic heterocycles. The normalized spacial score (nSPS) is 10.1. The molecule has 1 amide bonds. The van der Waals surface area contributed by atoms with Crippen LogP contribution in [0.25, 0.3) is 0 Å². The second kappa shape index (κ2) is 5.93. The summed E-state index contributed by atoms with van der Waals surface area (Å²) in [6.45, 7) is 6.05. The van der Waals surface area contributed by atoms with Gasteiger partial charge in [0.1, 0.15) is 11.6 Å². The van der Waals surface area contributed by atoms with Crippen molar-refractivity contribution in [3.8, 4) is 0 Å². The van der Waals surface area contributed by atoms with Crippen molar-refractivity contribution in [2.24, 2.45) is 0 Å². The van der Waals surface area contributed by atoms with E-state index in [2.05, 4.69) is 15.6 Å². The van der Waals surface area contributed by atoms with Crippen LogP contribution in [0, 0.1) is 0 Å². The molecule has 6 nitrogen and oxygen atoms in total. The highest BCUT2D eigenvalue weighted by molar-refractivity contribution is 5.88. The molecule has 0 saturated carbocycles. The van der Waals surface area contributed by atoms with Crippen LogP contribution in [-0.4, -0.2) is 23.7 Å². The molecule has 94 valence electrons. The van der Waals surface area contributed by atoms with E-state index in [1.165, 1.54) is 0 Å². The summed E-state index contributed by atoms with van der Waals surface area (Å²) in [4.78, 5) is 15.3. The third-order valence-electron chi connectivity index (χ3n) is 1.87. The van der Waals surface area contributed by atoms with Crippen LogP contribution >= 0.6 is 0 Å². The third-order valence-corrected chi connectivity index (χ3v) is 1.87. The van der Waals surface area contributed by atoms with Crippen LogP contribution in [0.2, 0.25) is 0 Å². The number of nitrogens with zero attached hydrogens (tertiary/aromatic N) is 1. The lowest BCUT2D eigenvalue weighted by Crippen LogP contribution is -2.16. The average molecular weight is 238 g/mol. The second-order valence-electron chi connectivity index (χ2n) is 3.77. The minimum absolute atomic E-state index is 0.253. The van der Waals surface area contributed by atoms with E-state index in [9.17, 15) is 4.79 Å². The van der Waals surface area contributed by atoms with Gasteiger partial charge in [-0.15, -0.1) is 0 Å². The fourth-order valence-electron chi connectivity index (χ4n) is 1.23. The summed E-state index contributed by atoms with van der Waals surface area (Å²) < 4.78 is 4.75. The van der Waals surface area contributed by atoms with Gasteiger partial charge in [-0.1, -0.05) is 0 Å². The van der Waals surface area contributed by atoms with Gasteiger partial charge >= 0.3 is 6.09 Å². The highest BCUT2D eigenvalue weighted by Crippen LogP contribution is 2.19. The Morgan fingerprint density at radius 2 is 2.24 bits per heavy atom. The SMILES string of the molecule is CCOC(=O)Nc1ccc(NC(C)C)nc1N. The van der Waals surface area contributed by atoms with Crippen molar-refractivity contribution >= 4 is 23.4 Å². The molecule has 0 unspecified atom stereocenters. The zero-order chi connectivity index (χ0) is 12.8. The number of nitrogen functional groups attached to an aromatic ring is 1. The van der Waals surface area contributed by atoms with Gasteiger partial charge in [0.15, 0.2) is 0 Å². The lowest BCUT2D eigenvalue weighted by Gasteiger charge is -2.12. The molecule has 17 heavy (non-hydrogen) atoms. The summed E-state index contributed by atoms with van der Waals surface area (Å²) in [6, 6.07) is 3.70. The molecule has 4 N–H and O–H groups in total. The summed E-state index contributed by atoms with van der Waals surface area (Å²) in [5, 5.41) is 5.63. The zero-order valence-electron chi connectivity index (χ0n) is 10.3. The van der Waals surface area contributed by atoms with Gasteiger partial charge in [0, 0.05) is 6.04 Å². The van der Waals surface area contributed by atoms with Crippen molar-refractivity contribution in [2.45, 2.75) is 26.8 Å². The number of pyridine rings is 1. The predicted molar refractivity (Wildman–Crippen MR) is 68.1 cm³/mol. The smallest absolute Gasteiger partial charge is 0.411 e. The Labute approximate surface area is 101 Å². The van der Waals surface area contributed by atoms with E-state index in [0.29, 0.717) is 18.1 Å². The lowest BCUT2D eigenvalue weighted by molar-refractivity contribution is 0.168. The van der Waals surface area contributed by atoms with Crippen LogP contribution in [0.3, 0.4) is 0 Å². The first-order chi connectivity index (χ1) is 8.02. The van der Waals surface area contributed by atoms with E-state index in [0.717, 1.165) is 0 Å². The Kier molecular flexibility index (Phi) is 4.56. The van der Waals surface area contributed by atoms with Crippen molar-refractivity contribution in [1.29, 1.82) is 0 Å². The summed E-state index contributed by atoms with van der Waals surface area (Å²) >= 11 is 0. The van der Waals surface area contributed by atoms with Crippen LogP contribution in [0.5, 0.6) is 0 Å². The van der Waals surface area contributed by atoms with Gasteiger partial charge < -0.3 is 15.8 Å². The number of carbonyl (C=O) groups excluding carboxylic acids is 1. The fourth-order valence-corrected chi connectivity index (χ4v) is 1.23.